The van der Waals surface area contributed by atoms with Crippen LogP contribution in [-0.2, 0) is 4.79 Å². The maximum Gasteiger partial charge on any atom is 0.235 e. The van der Waals surface area contributed by atoms with Gasteiger partial charge in [-0.2, -0.15) is 0 Å². The van der Waals surface area contributed by atoms with Crippen LogP contribution in [0.1, 0.15) is 40.0 Å². The van der Waals surface area contributed by atoms with E-state index < -0.39 is 5.41 Å². The standard InChI is InChI=1S/C12H23N3O2/c1-4-9-5-7-15(8-6-9)11(16)12(2,3)10(13)14-17/h9,17H,4-8H2,1-3H3,(H2,13,14). The van der Waals surface area contributed by atoms with Crippen LogP contribution in [0.25, 0.3) is 0 Å². The van der Waals surface area contributed by atoms with Gasteiger partial charge in [-0.1, -0.05) is 18.5 Å². The number of likely N-dealkylation sites (tertiary alicyclic amines) is 1. The van der Waals surface area contributed by atoms with Crippen molar-refractivity contribution >= 4 is 11.7 Å². The van der Waals surface area contributed by atoms with Crippen molar-refractivity contribution in [2.24, 2.45) is 22.2 Å². The first-order valence-corrected chi connectivity index (χ1v) is 6.20. The highest BCUT2D eigenvalue weighted by Crippen LogP contribution is 2.25. The average Bonchev–Trinajstić information content (AvgIpc) is 2.36. The van der Waals surface area contributed by atoms with Crippen LogP contribution < -0.4 is 5.73 Å². The number of amides is 1. The van der Waals surface area contributed by atoms with Crippen molar-refractivity contribution in [1.29, 1.82) is 0 Å². The highest BCUT2D eigenvalue weighted by molar-refractivity contribution is 6.05. The van der Waals surface area contributed by atoms with Gasteiger partial charge in [0, 0.05) is 13.1 Å². The number of hydrogen-bond acceptors (Lipinski definition) is 3. The Bertz CT molecular complexity index is 305. The Balaban J connectivity index is 2.66. The smallest absolute Gasteiger partial charge is 0.235 e. The summed E-state index contributed by atoms with van der Waals surface area (Å²) in [4.78, 5) is 14.1. The molecule has 1 aliphatic rings. The van der Waals surface area contributed by atoms with Crippen LogP contribution >= 0.6 is 0 Å². The Morgan fingerprint density at radius 3 is 2.41 bits per heavy atom. The number of nitrogens with zero attached hydrogens (tertiary/aromatic N) is 2. The van der Waals surface area contributed by atoms with Crippen LogP contribution in [0.4, 0.5) is 0 Å². The molecule has 1 amide bonds. The third kappa shape index (κ3) is 2.90. The zero-order valence-electron chi connectivity index (χ0n) is 10.9. The molecule has 0 aromatic heterocycles. The van der Waals surface area contributed by atoms with Crippen LogP contribution in [0.3, 0.4) is 0 Å². The second-order valence-electron chi connectivity index (χ2n) is 5.25. The lowest BCUT2D eigenvalue weighted by Gasteiger charge is -2.36. The minimum absolute atomic E-state index is 0.0277. The molecule has 0 saturated carbocycles. The van der Waals surface area contributed by atoms with Crippen molar-refractivity contribution in [2.75, 3.05) is 13.1 Å². The van der Waals surface area contributed by atoms with Gasteiger partial charge in [-0.3, -0.25) is 4.79 Å². The molecule has 0 aromatic carbocycles. The maximum atomic E-state index is 12.3. The van der Waals surface area contributed by atoms with Gasteiger partial charge in [0.2, 0.25) is 5.91 Å². The summed E-state index contributed by atoms with van der Waals surface area (Å²) in [6.07, 6.45) is 3.27. The fourth-order valence-electron chi connectivity index (χ4n) is 2.17. The van der Waals surface area contributed by atoms with Gasteiger partial charge in [-0.25, -0.2) is 0 Å². The predicted octanol–water partition coefficient (Wildman–Crippen LogP) is 1.41. The van der Waals surface area contributed by atoms with E-state index in [9.17, 15) is 4.79 Å². The van der Waals surface area contributed by atoms with Gasteiger partial charge in [0.15, 0.2) is 5.84 Å². The molecule has 1 fully saturated rings. The number of hydrogen-bond donors (Lipinski definition) is 2. The summed E-state index contributed by atoms with van der Waals surface area (Å²) in [6, 6.07) is 0. The number of amidine groups is 1. The predicted molar refractivity (Wildman–Crippen MR) is 66.8 cm³/mol. The minimum atomic E-state index is -0.923. The van der Waals surface area contributed by atoms with Gasteiger partial charge in [-0.05, 0) is 32.6 Å². The van der Waals surface area contributed by atoms with Crippen LogP contribution in [0, 0.1) is 11.3 Å². The normalized spacial score (nSPS) is 19.5. The fraction of sp³-hybridized carbons (Fsp3) is 0.833. The summed E-state index contributed by atoms with van der Waals surface area (Å²) in [7, 11) is 0. The largest absolute Gasteiger partial charge is 0.409 e. The van der Waals surface area contributed by atoms with Crippen molar-refractivity contribution in [3.05, 3.63) is 0 Å². The summed E-state index contributed by atoms with van der Waals surface area (Å²) in [5.41, 5.74) is 4.64. The number of oxime groups is 1. The average molecular weight is 241 g/mol. The number of rotatable bonds is 3. The van der Waals surface area contributed by atoms with Crippen molar-refractivity contribution in [1.82, 2.24) is 4.90 Å². The zero-order valence-corrected chi connectivity index (χ0v) is 10.9. The van der Waals surface area contributed by atoms with E-state index in [0.29, 0.717) is 0 Å². The molecule has 5 nitrogen and oxygen atoms in total. The first-order valence-electron chi connectivity index (χ1n) is 6.20. The Morgan fingerprint density at radius 1 is 1.47 bits per heavy atom. The topological polar surface area (TPSA) is 78.9 Å². The Labute approximate surface area is 103 Å². The van der Waals surface area contributed by atoms with E-state index >= 15 is 0 Å². The summed E-state index contributed by atoms with van der Waals surface area (Å²) in [5.74, 6) is 0.647. The van der Waals surface area contributed by atoms with Crippen LogP contribution in [-0.4, -0.2) is 34.9 Å². The first kappa shape index (κ1) is 13.8. The zero-order chi connectivity index (χ0) is 13.1. The molecule has 1 rings (SSSR count). The summed E-state index contributed by atoms with van der Waals surface area (Å²) >= 11 is 0. The van der Waals surface area contributed by atoms with Crippen molar-refractivity contribution in [3.8, 4) is 0 Å². The van der Waals surface area contributed by atoms with Gasteiger partial charge in [0.05, 0.1) is 0 Å². The van der Waals surface area contributed by atoms with Gasteiger partial charge in [0.1, 0.15) is 5.41 Å². The number of nitrogens with two attached hydrogens (primary N) is 1. The van der Waals surface area contributed by atoms with E-state index in [1.807, 2.05) is 4.90 Å². The molecule has 1 heterocycles. The number of carbonyl (C=O) groups excluding carboxylic acids is 1. The van der Waals surface area contributed by atoms with Crippen LogP contribution in [0.5, 0.6) is 0 Å². The lowest BCUT2D eigenvalue weighted by Crippen LogP contribution is -2.50. The lowest BCUT2D eigenvalue weighted by molar-refractivity contribution is -0.138. The SMILES string of the molecule is CCC1CCN(C(=O)C(C)(C)C(N)=NO)CC1. The molecule has 3 N–H and O–H groups in total. The van der Waals surface area contributed by atoms with E-state index in [-0.39, 0.29) is 11.7 Å². The molecule has 0 unspecified atom stereocenters. The molecule has 0 radical (unpaired) electrons. The van der Waals surface area contributed by atoms with E-state index in [2.05, 4.69) is 12.1 Å². The van der Waals surface area contributed by atoms with Crippen LogP contribution in [0.15, 0.2) is 5.16 Å². The van der Waals surface area contributed by atoms with E-state index in [0.717, 1.165) is 31.8 Å². The molecule has 17 heavy (non-hydrogen) atoms. The third-order valence-electron chi connectivity index (χ3n) is 3.76. The van der Waals surface area contributed by atoms with Crippen molar-refractivity contribution < 1.29 is 10.0 Å². The molecule has 0 bridgehead atoms. The second-order valence-corrected chi connectivity index (χ2v) is 5.25. The second kappa shape index (κ2) is 5.38. The van der Waals surface area contributed by atoms with Gasteiger partial charge in [-0.15, -0.1) is 0 Å². The third-order valence-corrected chi connectivity index (χ3v) is 3.76. The van der Waals surface area contributed by atoms with E-state index in [1.165, 1.54) is 6.42 Å². The fourth-order valence-corrected chi connectivity index (χ4v) is 2.17. The molecule has 0 spiro atoms. The molecule has 0 aliphatic carbocycles. The summed E-state index contributed by atoms with van der Waals surface area (Å²) in [6.45, 7) is 7.12. The summed E-state index contributed by atoms with van der Waals surface area (Å²) < 4.78 is 0. The van der Waals surface area contributed by atoms with Crippen molar-refractivity contribution in [2.45, 2.75) is 40.0 Å². The quantitative estimate of drug-likeness (QED) is 0.339. The van der Waals surface area contributed by atoms with E-state index in [4.69, 9.17) is 10.9 Å². The minimum Gasteiger partial charge on any atom is -0.409 e. The van der Waals surface area contributed by atoms with Gasteiger partial charge < -0.3 is 15.8 Å². The van der Waals surface area contributed by atoms with E-state index in [1.54, 1.807) is 13.8 Å². The number of carbonyl (C=O) groups is 1. The Hall–Kier alpha value is -1.26. The highest BCUT2D eigenvalue weighted by Gasteiger charge is 2.37. The maximum absolute atomic E-state index is 12.3. The molecule has 5 heteroatoms. The molecular formula is C12H23N3O2. The Morgan fingerprint density at radius 2 is 2.00 bits per heavy atom. The summed E-state index contributed by atoms with van der Waals surface area (Å²) in [5, 5.41) is 11.6. The molecule has 0 aromatic rings. The lowest BCUT2D eigenvalue weighted by atomic mass is 9.87. The van der Waals surface area contributed by atoms with Crippen LogP contribution in [0.2, 0.25) is 0 Å². The van der Waals surface area contributed by atoms with Gasteiger partial charge >= 0.3 is 0 Å². The monoisotopic (exact) mass is 241 g/mol. The molecule has 1 aliphatic heterocycles. The molecule has 98 valence electrons. The first-order chi connectivity index (χ1) is 7.93. The molecule has 1 saturated heterocycles. The van der Waals surface area contributed by atoms with Gasteiger partial charge in [0.25, 0.3) is 0 Å². The Kier molecular flexibility index (Phi) is 4.37. The number of piperidine rings is 1. The molecular weight excluding hydrogens is 218 g/mol. The highest BCUT2D eigenvalue weighted by atomic mass is 16.4. The molecule has 0 atom stereocenters. The van der Waals surface area contributed by atoms with Crippen molar-refractivity contribution in [3.63, 3.8) is 0 Å².